The lowest BCUT2D eigenvalue weighted by Crippen LogP contribution is -2.37. The van der Waals surface area contributed by atoms with Crippen LogP contribution in [0.5, 0.6) is 0 Å². The third-order valence-corrected chi connectivity index (χ3v) is 6.19. The summed E-state index contributed by atoms with van der Waals surface area (Å²) in [5.74, 6) is -0.104. The highest BCUT2D eigenvalue weighted by molar-refractivity contribution is 9.10. The quantitative estimate of drug-likeness (QED) is 0.874. The molecular formula is C18H24BrNO2. The van der Waals surface area contributed by atoms with Crippen molar-refractivity contribution in [3.05, 3.63) is 33.8 Å². The maximum Gasteiger partial charge on any atom is 0.314 e. The summed E-state index contributed by atoms with van der Waals surface area (Å²) in [5, 5.41) is 9.83. The second kappa shape index (κ2) is 6.32. The van der Waals surface area contributed by atoms with Gasteiger partial charge >= 0.3 is 5.97 Å². The van der Waals surface area contributed by atoms with Gasteiger partial charge in [0.15, 0.2) is 0 Å². The first-order valence-corrected chi connectivity index (χ1v) is 9.04. The van der Waals surface area contributed by atoms with Crippen LogP contribution < -0.4 is 0 Å². The van der Waals surface area contributed by atoms with Gasteiger partial charge in [-0.1, -0.05) is 47.3 Å². The Hall–Kier alpha value is -0.870. The summed E-state index contributed by atoms with van der Waals surface area (Å²) < 4.78 is 1.08. The molecule has 1 unspecified atom stereocenters. The summed E-state index contributed by atoms with van der Waals surface area (Å²) >= 11 is 3.71. The zero-order valence-electron chi connectivity index (χ0n) is 13.1. The van der Waals surface area contributed by atoms with Crippen molar-refractivity contribution in [2.45, 2.75) is 49.9 Å². The number of carbonyl (C=O) groups is 1. The molecule has 3 nitrogen and oxygen atoms in total. The van der Waals surface area contributed by atoms with Crippen molar-refractivity contribution in [2.24, 2.45) is 0 Å². The van der Waals surface area contributed by atoms with Crippen molar-refractivity contribution in [1.82, 2.24) is 4.90 Å². The number of nitrogens with zero attached hydrogens (tertiary/aromatic N) is 1. The van der Waals surface area contributed by atoms with E-state index >= 15 is 0 Å². The van der Waals surface area contributed by atoms with Gasteiger partial charge in [-0.25, -0.2) is 0 Å². The SMILES string of the molecule is CN1CCC(c2ccc(C3(C(=O)O)CCCCC3)cc2Br)C1. The second-order valence-electron chi connectivity index (χ2n) is 6.93. The molecule has 1 aliphatic heterocycles. The first kappa shape index (κ1) is 16.0. The van der Waals surface area contributed by atoms with Crippen molar-refractivity contribution in [3.8, 4) is 0 Å². The number of halogens is 1. The number of likely N-dealkylation sites (tertiary alicyclic amines) is 1. The Labute approximate surface area is 140 Å². The molecule has 2 aliphatic rings. The van der Waals surface area contributed by atoms with E-state index in [9.17, 15) is 9.90 Å². The minimum atomic E-state index is -0.675. The van der Waals surface area contributed by atoms with Crippen LogP contribution in [0.3, 0.4) is 0 Å². The van der Waals surface area contributed by atoms with Gasteiger partial charge in [-0.15, -0.1) is 0 Å². The zero-order valence-corrected chi connectivity index (χ0v) is 14.7. The fraction of sp³-hybridized carbons (Fsp3) is 0.611. The van der Waals surface area contributed by atoms with Crippen LogP contribution in [0.1, 0.15) is 55.6 Å². The Morgan fingerprint density at radius 1 is 1.32 bits per heavy atom. The van der Waals surface area contributed by atoms with Crippen molar-refractivity contribution in [2.75, 3.05) is 20.1 Å². The first-order valence-electron chi connectivity index (χ1n) is 8.25. The average Bonchev–Trinajstić information content (AvgIpc) is 2.94. The molecule has 0 radical (unpaired) electrons. The predicted octanol–water partition coefficient (Wildman–Crippen LogP) is 4.15. The van der Waals surface area contributed by atoms with Crippen LogP contribution in [0.25, 0.3) is 0 Å². The summed E-state index contributed by atoms with van der Waals surface area (Å²) in [4.78, 5) is 14.3. The van der Waals surface area contributed by atoms with Crippen molar-refractivity contribution >= 4 is 21.9 Å². The van der Waals surface area contributed by atoms with E-state index in [4.69, 9.17) is 0 Å². The van der Waals surface area contributed by atoms with Gasteiger partial charge in [-0.3, -0.25) is 4.79 Å². The monoisotopic (exact) mass is 365 g/mol. The molecule has 120 valence electrons. The molecule has 1 saturated carbocycles. The Morgan fingerprint density at radius 3 is 2.59 bits per heavy atom. The normalized spacial score (nSPS) is 25.3. The fourth-order valence-corrected chi connectivity index (χ4v) is 4.83. The van der Waals surface area contributed by atoms with Crippen molar-refractivity contribution in [3.63, 3.8) is 0 Å². The highest BCUT2D eigenvalue weighted by atomic mass is 79.9. The standard InChI is InChI=1S/C18H24BrNO2/c1-20-10-7-13(12-20)15-6-5-14(11-16(15)19)18(17(21)22)8-3-2-4-9-18/h5-6,11,13H,2-4,7-10,12H2,1H3,(H,21,22). The highest BCUT2D eigenvalue weighted by Gasteiger charge is 2.41. The third-order valence-electron chi connectivity index (χ3n) is 5.50. The van der Waals surface area contributed by atoms with Crippen LogP contribution in [-0.4, -0.2) is 36.1 Å². The largest absolute Gasteiger partial charge is 0.481 e. The first-order chi connectivity index (χ1) is 10.5. The molecule has 1 aromatic rings. The van der Waals surface area contributed by atoms with Crippen molar-refractivity contribution < 1.29 is 9.90 Å². The number of carboxylic acid groups (broad SMARTS) is 1. The second-order valence-corrected chi connectivity index (χ2v) is 7.79. The Balaban J connectivity index is 1.91. The number of rotatable bonds is 3. The lowest BCUT2D eigenvalue weighted by Gasteiger charge is -2.34. The van der Waals surface area contributed by atoms with E-state index < -0.39 is 11.4 Å². The van der Waals surface area contributed by atoms with E-state index in [-0.39, 0.29) is 0 Å². The minimum Gasteiger partial charge on any atom is -0.481 e. The summed E-state index contributed by atoms with van der Waals surface area (Å²) in [5.41, 5.74) is 1.62. The number of benzene rings is 1. The molecule has 22 heavy (non-hydrogen) atoms. The molecule has 0 aromatic heterocycles. The van der Waals surface area contributed by atoms with E-state index in [0.29, 0.717) is 5.92 Å². The van der Waals surface area contributed by atoms with Crippen LogP contribution in [0.2, 0.25) is 0 Å². The molecule has 1 heterocycles. The van der Waals surface area contributed by atoms with Gasteiger partial charge in [-0.2, -0.15) is 0 Å². The van der Waals surface area contributed by atoms with E-state index in [1.54, 1.807) is 0 Å². The van der Waals surface area contributed by atoms with Crippen LogP contribution in [0.4, 0.5) is 0 Å². The van der Waals surface area contributed by atoms with Crippen LogP contribution in [0.15, 0.2) is 22.7 Å². The molecule has 4 heteroatoms. The number of aliphatic carboxylic acids is 1. The van der Waals surface area contributed by atoms with Gasteiger partial charge in [-0.05, 0) is 56.0 Å². The summed E-state index contributed by atoms with van der Waals surface area (Å²) in [6.07, 6.45) is 5.89. The molecule has 0 spiro atoms. The molecule has 1 aliphatic carbocycles. The Morgan fingerprint density at radius 2 is 2.05 bits per heavy atom. The lowest BCUT2D eigenvalue weighted by atomic mass is 9.69. The molecule has 1 aromatic carbocycles. The number of likely N-dealkylation sites (N-methyl/N-ethyl adjacent to an activating group) is 1. The van der Waals surface area contributed by atoms with Gasteiger partial charge in [0, 0.05) is 11.0 Å². The minimum absolute atomic E-state index is 0.556. The van der Waals surface area contributed by atoms with Crippen LogP contribution in [-0.2, 0) is 10.2 Å². The van der Waals surface area contributed by atoms with Crippen LogP contribution in [0, 0.1) is 0 Å². The van der Waals surface area contributed by atoms with Gasteiger partial charge in [0.25, 0.3) is 0 Å². The predicted molar refractivity (Wildman–Crippen MR) is 91.4 cm³/mol. The Kier molecular flexibility index (Phi) is 4.60. The molecule has 0 bridgehead atoms. The maximum absolute atomic E-state index is 12.0. The maximum atomic E-state index is 12.0. The van der Waals surface area contributed by atoms with E-state index in [0.717, 1.165) is 55.2 Å². The molecule has 1 atom stereocenters. The van der Waals surface area contributed by atoms with Gasteiger partial charge in [0.1, 0.15) is 0 Å². The summed E-state index contributed by atoms with van der Waals surface area (Å²) in [6.45, 7) is 2.22. The summed E-state index contributed by atoms with van der Waals surface area (Å²) in [7, 11) is 2.16. The number of hydrogen-bond donors (Lipinski definition) is 1. The van der Waals surface area contributed by atoms with E-state index in [1.165, 1.54) is 12.0 Å². The number of carboxylic acids is 1. The van der Waals surface area contributed by atoms with E-state index in [2.05, 4.69) is 46.1 Å². The highest BCUT2D eigenvalue weighted by Crippen LogP contribution is 2.42. The fourth-order valence-electron chi connectivity index (χ4n) is 4.13. The molecule has 1 N–H and O–H groups in total. The molecule has 3 rings (SSSR count). The molecular weight excluding hydrogens is 342 g/mol. The zero-order chi connectivity index (χ0) is 15.7. The summed E-state index contributed by atoms with van der Waals surface area (Å²) in [6, 6.07) is 6.30. The smallest absolute Gasteiger partial charge is 0.314 e. The number of hydrogen-bond acceptors (Lipinski definition) is 2. The van der Waals surface area contributed by atoms with E-state index in [1.807, 2.05) is 0 Å². The van der Waals surface area contributed by atoms with Crippen LogP contribution >= 0.6 is 15.9 Å². The molecule has 2 fully saturated rings. The Bertz CT molecular complexity index is 566. The molecule has 1 saturated heterocycles. The topological polar surface area (TPSA) is 40.5 Å². The average molecular weight is 366 g/mol. The van der Waals surface area contributed by atoms with Gasteiger partial charge in [0.2, 0.25) is 0 Å². The van der Waals surface area contributed by atoms with Gasteiger partial charge < -0.3 is 10.0 Å². The molecule has 0 amide bonds. The van der Waals surface area contributed by atoms with Crippen molar-refractivity contribution in [1.29, 1.82) is 0 Å². The third kappa shape index (κ3) is 2.83. The lowest BCUT2D eigenvalue weighted by molar-refractivity contribution is -0.145. The van der Waals surface area contributed by atoms with Gasteiger partial charge in [0.05, 0.1) is 5.41 Å².